The van der Waals surface area contributed by atoms with Crippen molar-refractivity contribution in [1.82, 2.24) is 5.48 Å². The lowest BCUT2D eigenvalue weighted by Gasteiger charge is -2.40. The summed E-state index contributed by atoms with van der Waals surface area (Å²) in [6.45, 7) is 0. The fourth-order valence-corrected chi connectivity index (χ4v) is 5.70. The van der Waals surface area contributed by atoms with Crippen molar-refractivity contribution in [3.05, 3.63) is 95.1 Å². The van der Waals surface area contributed by atoms with E-state index in [2.05, 4.69) is 5.48 Å². The number of hydrogen-bond donors (Lipinski definition) is 3. The van der Waals surface area contributed by atoms with Gasteiger partial charge in [-0.1, -0.05) is 42.5 Å². The number of halogens is 2. The van der Waals surface area contributed by atoms with E-state index in [1.54, 1.807) is 30.3 Å². The second-order valence-electron chi connectivity index (χ2n) is 8.62. The summed E-state index contributed by atoms with van der Waals surface area (Å²) in [5.41, 5.74) is -1.09. The first-order valence-electron chi connectivity index (χ1n) is 10.9. The zero-order chi connectivity index (χ0) is 25.0. The molecular weight excluding hydrogens is 460 g/mol. The number of fused-ring (bicyclic) bond motifs is 3. The van der Waals surface area contributed by atoms with Crippen LogP contribution in [0, 0.1) is 17.6 Å². The lowest BCUT2D eigenvalue weighted by atomic mass is 9.70. The Morgan fingerprint density at radius 2 is 1.71 bits per heavy atom. The molecule has 1 fully saturated rings. The molecule has 35 heavy (non-hydrogen) atoms. The molecule has 1 aliphatic heterocycles. The van der Waals surface area contributed by atoms with Crippen molar-refractivity contribution in [3.8, 4) is 11.5 Å². The summed E-state index contributed by atoms with van der Waals surface area (Å²) < 4.78 is 40.2. The van der Waals surface area contributed by atoms with E-state index in [1.807, 2.05) is 0 Å². The molecule has 3 N–H and O–H groups in total. The molecule has 0 radical (unpaired) electrons. The molecule has 0 unspecified atom stereocenters. The third-order valence-corrected chi connectivity index (χ3v) is 6.97. The van der Waals surface area contributed by atoms with Gasteiger partial charge in [0.2, 0.25) is 5.91 Å². The summed E-state index contributed by atoms with van der Waals surface area (Å²) in [6, 6.07) is 16.1. The number of nitrogens with one attached hydrogen (secondary N) is 1. The Morgan fingerprint density at radius 1 is 1.03 bits per heavy atom. The van der Waals surface area contributed by atoms with Gasteiger partial charge in [-0.3, -0.25) is 9.63 Å². The van der Waals surface area contributed by atoms with Crippen LogP contribution in [0.5, 0.6) is 11.5 Å². The largest absolute Gasteiger partial charge is 0.496 e. The molecule has 1 saturated carbocycles. The van der Waals surface area contributed by atoms with Crippen molar-refractivity contribution in [1.29, 1.82) is 0 Å². The van der Waals surface area contributed by atoms with E-state index in [0.717, 1.165) is 12.1 Å². The van der Waals surface area contributed by atoms with Gasteiger partial charge < -0.3 is 19.7 Å². The summed E-state index contributed by atoms with van der Waals surface area (Å²) in [4.78, 5) is 18.1. The molecule has 1 heterocycles. The number of aliphatic hydroxyl groups is 2. The standard InChI is InChI=1S/C26H23F2NO6/c1-33-18-12-17(28)13-19-22(18)25(32)23(30)20(24(31)29-34-2)21(14-6-4-3-5-7-14)26(25,35-19)15-8-10-16(27)11-9-15/h3-13,20-21,23,30,32H,1-2H3,(H,29,31)/t20-,21-,23-,25+,26+/m1/s1. The highest BCUT2D eigenvalue weighted by Crippen LogP contribution is 2.69. The zero-order valence-corrected chi connectivity index (χ0v) is 18.9. The number of hydroxylamine groups is 1. The zero-order valence-electron chi connectivity index (χ0n) is 18.9. The van der Waals surface area contributed by atoms with Gasteiger partial charge in [0.1, 0.15) is 29.2 Å². The maximum Gasteiger partial charge on any atom is 0.250 e. The van der Waals surface area contributed by atoms with Crippen LogP contribution in [0.2, 0.25) is 0 Å². The monoisotopic (exact) mass is 483 g/mol. The van der Waals surface area contributed by atoms with Crippen LogP contribution in [0.1, 0.15) is 22.6 Å². The first-order chi connectivity index (χ1) is 16.8. The number of benzene rings is 3. The Morgan fingerprint density at radius 3 is 2.34 bits per heavy atom. The van der Waals surface area contributed by atoms with E-state index in [-0.39, 0.29) is 22.6 Å². The lowest BCUT2D eigenvalue weighted by molar-refractivity contribution is -0.157. The summed E-state index contributed by atoms with van der Waals surface area (Å²) in [5, 5.41) is 24.1. The van der Waals surface area contributed by atoms with E-state index in [1.165, 1.54) is 38.5 Å². The number of carbonyl (C=O) groups excluding carboxylic acids is 1. The van der Waals surface area contributed by atoms with Gasteiger partial charge >= 0.3 is 0 Å². The summed E-state index contributed by atoms with van der Waals surface area (Å²) >= 11 is 0. The van der Waals surface area contributed by atoms with E-state index in [0.29, 0.717) is 5.56 Å². The Hall–Kier alpha value is -3.53. The van der Waals surface area contributed by atoms with Crippen LogP contribution in [0.25, 0.3) is 0 Å². The van der Waals surface area contributed by atoms with Crippen molar-refractivity contribution in [3.63, 3.8) is 0 Å². The number of rotatable bonds is 5. The van der Waals surface area contributed by atoms with Crippen LogP contribution in [-0.2, 0) is 20.8 Å². The van der Waals surface area contributed by atoms with Gasteiger partial charge in [0.15, 0.2) is 11.2 Å². The highest BCUT2D eigenvalue weighted by Gasteiger charge is 2.78. The van der Waals surface area contributed by atoms with Gasteiger partial charge in [-0.15, -0.1) is 0 Å². The maximum absolute atomic E-state index is 14.5. The van der Waals surface area contributed by atoms with E-state index in [9.17, 15) is 23.8 Å². The number of ether oxygens (including phenoxy) is 2. The van der Waals surface area contributed by atoms with Gasteiger partial charge in [0.25, 0.3) is 0 Å². The van der Waals surface area contributed by atoms with Gasteiger partial charge in [0.05, 0.1) is 25.7 Å². The molecule has 0 bridgehead atoms. The van der Waals surface area contributed by atoms with Crippen molar-refractivity contribution >= 4 is 5.91 Å². The molecule has 1 aliphatic carbocycles. The van der Waals surface area contributed by atoms with Crippen LogP contribution >= 0.6 is 0 Å². The van der Waals surface area contributed by atoms with Crippen molar-refractivity contribution in [2.24, 2.45) is 5.92 Å². The van der Waals surface area contributed by atoms with Crippen LogP contribution < -0.4 is 15.0 Å². The predicted octanol–water partition coefficient (Wildman–Crippen LogP) is 2.90. The number of amides is 1. The molecular formula is C26H23F2NO6. The van der Waals surface area contributed by atoms with Crippen LogP contribution in [-0.4, -0.2) is 36.4 Å². The van der Waals surface area contributed by atoms with Crippen molar-refractivity contribution < 1.29 is 38.1 Å². The fourth-order valence-electron chi connectivity index (χ4n) is 5.70. The lowest BCUT2D eigenvalue weighted by Crippen LogP contribution is -2.52. The molecule has 1 amide bonds. The van der Waals surface area contributed by atoms with Crippen LogP contribution in [0.4, 0.5) is 8.78 Å². The molecule has 0 saturated heterocycles. The number of hydrogen-bond acceptors (Lipinski definition) is 6. The van der Waals surface area contributed by atoms with Crippen molar-refractivity contribution in [2.75, 3.05) is 14.2 Å². The molecule has 3 aromatic carbocycles. The molecule has 9 heteroatoms. The topological polar surface area (TPSA) is 97.3 Å². The molecule has 2 aliphatic rings. The molecule has 182 valence electrons. The fraction of sp³-hybridized carbons (Fsp3) is 0.269. The van der Waals surface area contributed by atoms with Gasteiger partial charge in [0, 0.05) is 18.1 Å². The first-order valence-corrected chi connectivity index (χ1v) is 10.9. The third-order valence-electron chi connectivity index (χ3n) is 6.97. The van der Waals surface area contributed by atoms with E-state index >= 15 is 0 Å². The van der Waals surface area contributed by atoms with E-state index < -0.39 is 46.7 Å². The average Bonchev–Trinajstić information content (AvgIpc) is 3.22. The highest BCUT2D eigenvalue weighted by molar-refractivity contribution is 5.82. The molecule has 5 atom stereocenters. The quantitative estimate of drug-likeness (QED) is 0.483. The summed E-state index contributed by atoms with van der Waals surface area (Å²) in [5.74, 6) is -4.33. The first kappa shape index (κ1) is 23.2. The summed E-state index contributed by atoms with van der Waals surface area (Å²) in [7, 11) is 2.54. The minimum atomic E-state index is -2.30. The number of aliphatic hydroxyl groups excluding tert-OH is 1. The number of carbonyl (C=O) groups is 1. The third kappa shape index (κ3) is 3.09. The SMILES string of the molecule is CONC(=O)[C@H]1[C@@H](O)[C@@]2(O)c3c(OC)cc(F)cc3O[C@@]2(c2ccc(F)cc2)[C@@H]1c1ccccc1. The average molecular weight is 483 g/mol. The molecule has 0 spiro atoms. The van der Waals surface area contributed by atoms with E-state index in [4.69, 9.17) is 14.3 Å². The van der Waals surface area contributed by atoms with Crippen LogP contribution in [0.3, 0.4) is 0 Å². The number of methoxy groups -OCH3 is 1. The molecule has 5 rings (SSSR count). The maximum atomic E-state index is 14.5. The Balaban J connectivity index is 1.88. The molecule has 0 aromatic heterocycles. The normalized spacial score (nSPS) is 28.7. The predicted molar refractivity (Wildman–Crippen MR) is 119 cm³/mol. The minimum Gasteiger partial charge on any atom is -0.496 e. The van der Waals surface area contributed by atoms with Crippen LogP contribution in [0.15, 0.2) is 66.7 Å². The smallest absolute Gasteiger partial charge is 0.250 e. The minimum absolute atomic E-state index is 0.00753. The highest BCUT2D eigenvalue weighted by atomic mass is 19.1. The molecule has 7 nitrogen and oxygen atoms in total. The molecule has 3 aromatic rings. The Bertz CT molecular complexity index is 1270. The van der Waals surface area contributed by atoms with Crippen molar-refractivity contribution in [2.45, 2.75) is 23.2 Å². The van der Waals surface area contributed by atoms with Gasteiger partial charge in [-0.05, 0) is 23.3 Å². The Kier molecular flexibility index (Phi) is 5.51. The Labute approximate surface area is 199 Å². The second-order valence-corrected chi connectivity index (χ2v) is 8.62. The van der Waals surface area contributed by atoms with Gasteiger partial charge in [-0.2, -0.15) is 0 Å². The van der Waals surface area contributed by atoms with Gasteiger partial charge in [-0.25, -0.2) is 14.3 Å². The second kappa shape index (κ2) is 8.30. The summed E-state index contributed by atoms with van der Waals surface area (Å²) in [6.07, 6.45) is -1.76.